The van der Waals surface area contributed by atoms with E-state index in [-0.39, 0.29) is 17.9 Å². The second kappa shape index (κ2) is 4.06. The standard InChI is InChI=1S/C12H13NO3/c1-8(7-16-2)13-11(14)9-5-3-4-6-10(9)12(13)15/h3-6,8H,7H2,1-2H3. The van der Waals surface area contributed by atoms with Crippen LogP contribution in [-0.2, 0) is 4.74 Å². The van der Waals surface area contributed by atoms with Crippen LogP contribution < -0.4 is 0 Å². The van der Waals surface area contributed by atoms with Crippen molar-refractivity contribution in [3.05, 3.63) is 35.4 Å². The number of amides is 2. The van der Waals surface area contributed by atoms with E-state index in [2.05, 4.69) is 0 Å². The number of hydrogen-bond acceptors (Lipinski definition) is 3. The summed E-state index contributed by atoms with van der Waals surface area (Å²) in [6.07, 6.45) is 0. The van der Waals surface area contributed by atoms with Crippen molar-refractivity contribution in [3.63, 3.8) is 0 Å². The lowest BCUT2D eigenvalue weighted by molar-refractivity contribution is 0.0497. The molecule has 1 aliphatic heterocycles. The molecule has 0 fully saturated rings. The lowest BCUT2D eigenvalue weighted by Gasteiger charge is -2.21. The first kappa shape index (κ1) is 10.8. The molecule has 1 aromatic carbocycles. The minimum absolute atomic E-state index is 0.231. The Kier molecular flexibility index (Phi) is 2.75. The fourth-order valence-electron chi connectivity index (χ4n) is 1.92. The third-order valence-electron chi connectivity index (χ3n) is 2.67. The number of rotatable bonds is 3. The van der Waals surface area contributed by atoms with E-state index in [4.69, 9.17) is 4.74 Å². The summed E-state index contributed by atoms with van der Waals surface area (Å²) in [6, 6.07) is 6.63. The predicted octanol–water partition coefficient (Wildman–Crippen LogP) is 1.32. The van der Waals surface area contributed by atoms with Gasteiger partial charge in [0.05, 0.1) is 23.8 Å². The third-order valence-corrected chi connectivity index (χ3v) is 2.67. The molecule has 0 aliphatic carbocycles. The first-order chi connectivity index (χ1) is 7.66. The molecule has 1 aromatic rings. The monoisotopic (exact) mass is 219 g/mol. The Morgan fingerprint density at radius 2 is 1.69 bits per heavy atom. The van der Waals surface area contributed by atoms with Crippen LogP contribution >= 0.6 is 0 Å². The Morgan fingerprint density at radius 1 is 1.19 bits per heavy atom. The molecule has 1 aliphatic rings. The van der Waals surface area contributed by atoms with Crippen molar-refractivity contribution < 1.29 is 14.3 Å². The molecule has 16 heavy (non-hydrogen) atoms. The highest BCUT2D eigenvalue weighted by atomic mass is 16.5. The van der Waals surface area contributed by atoms with Gasteiger partial charge < -0.3 is 4.74 Å². The van der Waals surface area contributed by atoms with Crippen LogP contribution in [0, 0.1) is 0 Å². The van der Waals surface area contributed by atoms with Crippen molar-refractivity contribution in [1.82, 2.24) is 4.90 Å². The van der Waals surface area contributed by atoms with Crippen molar-refractivity contribution in [1.29, 1.82) is 0 Å². The molecule has 0 spiro atoms. The molecule has 2 rings (SSSR count). The Morgan fingerprint density at radius 3 is 2.12 bits per heavy atom. The minimum Gasteiger partial charge on any atom is -0.383 e. The average molecular weight is 219 g/mol. The molecule has 0 saturated heterocycles. The van der Waals surface area contributed by atoms with Crippen LogP contribution in [0.4, 0.5) is 0 Å². The van der Waals surface area contributed by atoms with Crippen LogP contribution in [-0.4, -0.2) is 36.5 Å². The molecule has 0 radical (unpaired) electrons. The first-order valence-corrected chi connectivity index (χ1v) is 5.12. The molecule has 0 aromatic heterocycles. The number of fused-ring (bicyclic) bond motifs is 1. The van der Waals surface area contributed by atoms with Gasteiger partial charge in [-0.3, -0.25) is 14.5 Å². The summed E-state index contributed by atoms with van der Waals surface area (Å²) in [7, 11) is 1.55. The van der Waals surface area contributed by atoms with Crippen molar-refractivity contribution in [2.24, 2.45) is 0 Å². The van der Waals surface area contributed by atoms with Gasteiger partial charge in [0.1, 0.15) is 0 Å². The fourth-order valence-corrected chi connectivity index (χ4v) is 1.92. The second-order valence-corrected chi connectivity index (χ2v) is 3.83. The van der Waals surface area contributed by atoms with Crippen molar-refractivity contribution in [2.45, 2.75) is 13.0 Å². The number of carbonyl (C=O) groups is 2. The van der Waals surface area contributed by atoms with Crippen LogP contribution in [0.5, 0.6) is 0 Å². The summed E-state index contributed by atoms with van der Waals surface area (Å²) >= 11 is 0. The Bertz CT molecular complexity index is 407. The van der Waals surface area contributed by atoms with E-state index < -0.39 is 0 Å². The zero-order valence-corrected chi connectivity index (χ0v) is 9.27. The van der Waals surface area contributed by atoms with Crippen molar-refractivity contribution in [2.75, 3.05) is 13.7 Å². The highest BCUT2D eigenvalue weighted by molar-refractivity contribution is 6.21. The third kappa shape index (κ3) is 1.51. The predicted molar refractivity (Wildman–Crippen MR) is 58.3 cm³/mol. The fraction of sp³-hybridized carbons (Fsp3) is 0.333. The smallest absolute Gasteiger partial charge is 0.261 e. The summed E-state index contributed by atoms with van der Waals surface area (Å²) in [6.45, 7) is 2.15. The minimum atomic E-state index is -0.239. The molecule has 1 unspecified atom stereocenters. The first-order valence-electron chi connectivity index (χ1n) is 5.12. The molecule has 1 atom stereocenters. The molecule has 0 saturated carbocycles. The Hall–Kier alpha value is -1.68. The van der Waals surface area contributed by atoms with Gasteiger partial charge in [0.25, 0.3) is 11.8 Å². The van der Waals surface area contributed by atoms with E-state index in [9.17, 15) is 9.59 Å². The van der Waals surface area contributed by atoms with E-state index in [0.717, 1.165) is 0 Å². The number of hydrogen-bond donors (Lipinski definition) is 0. The number of benzene rings is 1. The topological polar surface area (TPSA) is 46.6 Å². The van der Waals surface area contributed by atoms with E-state index >= 15 is 0 Å². The van der Waals surface area contributed by atoms with Gasteiger partial charge >= 0.3 is 0 Å². The summed E-state index contributed by atoms with van der Waals surface area (Å²) in [5.74, 6) is -0.463. The van der Waals surface area contributed by atoms with E-state index in [1.807, 2.05) is 0 Å². The van der Waals surface area contributed by atoms with Gasteiger partial charge in [0.2, 0.25) is 0 Å². The van der Waals surface area contributed by atoms with Crippen LogP contribution in [0.2, 0.25) is 0 Å². The maximum atomic E-state index is 12.0. The second-order valence-electron chi connectivity index (χ2n) is 3.83. The quantitative estimate of drug-likeness (QED) is 0.720. The molecule has 4 nitrogen and oxygen atoms in total. The zero-order chi connectivity index (χ0) is 11.7. The molecule has 84 valence electrons. The highest BCUT2D eigenvalue weighted by Gasteiger charge is 2.37. The van der Waals surface area contributed by atoms with Crippen molar-refractivity contribution >= 4 is 11.8 Å². The van der Waals surface area contributed by atoms with Gasteiger partial charge in [-0.15, -0.1) is 0 Å². The Labute approximate surface area is 93.8 Å². The van der Waals surface area contributed by atoms with Crippen LogP contribution in [0.3, 0.4) is 0 Å². The largest absolute Gasteiger partial charge is 0.383 e. The zero-order valence-electron chi connectivity index (χ0n) is 9.27. The number of carbonyl (C=O) groups excluding carboxylic acids is 2. The summed E-state index contributed by atoms with van der Waals surface area (Å²) in [5.41, 5.74) is 0.964. The average Bonchev–Trinajstić information content (AvgIpc) is 2.53. The number of nitrogens with zero attached hydrogens (tertiary/aromatic N) is 1. The number of imide groups is 1. The maximum absolute atomic E-state index is 12.0. The molecule has 1 heterocycles. The van der Waals surface area contributed by atoms with Gasteiger partial charge in [-0.05, 0) is 19.1 Å². The maximum Gasteiger partial charge on any atom is 0.261 e. The summed E-state index contributed by atoms with van der Waals surface area (Å²) in [5, 5.41) is 0. The molecular formula is C12H13NO3. The van der Waals surface area contributed by atoms with Crippen molar-refractivity contribution in [3.8, 4) is 0 Å². The lowest BCUT2D eigenvalue weighted by Crippen LogP contribution is -2.40. The normalized spacial score (nSPS) is 16.5. The van der Waals surface area contributed by atoms with E-state index in [1.165, 1.54) is 4.90 Å². The van der Waals surface area contributed by atoms with E-state index in [1.54, 1.807) is 38.3 Å². The molecule has 0 bridgehead atoms. The highest BCUT2D eigenvalue weighted by Crippen LogP contribution is 2.24. The van der Waals surface area contributed by atoms with Gasteiger partial charge in [-0.25, -0.2) is 0 Å². The molecule has 4 heteroatoms. The van der Waals surface area contributed by atoms with Gasteiger partial charge in [0, 0.05) is 7.11 Å². The Balaban J connectivity index is 2.35. The SMILES string of the molecule is COCC(C)N1C(=O)c2ccccc2C1=O. The van der Waals surface area contributed by atoms with Gasteiger partial charge in [-0.1, -0.05) is 12.1 Å². The lowest BCUT2D eigenvalue weighted by atomic mass is 10.1. The molecule has 0 N–H and O–H groups in total. The van der Waals surface area contributed by atoms with Crippen LogP contribution in [0.15, 0.2) is 24.3 Å². The molecule has 2 amide bonds. The summed E-state index contributed by atoms with van der Waals surface area (Å²) in [4.78, 5) is 25.2. The van der Waals surface area contributed by atoms with E-state index in [0.29, 0.717) is 17.7 Å². The van der Waals surface area contributed by atoms with Gasteiger partial charge in [-0.2, -0.15) is 0 Å². The van der Waals surface area contributed by atoms with Gasteiger partial charge in [0.15, 0.2) is 0 Å². The number of ether oxygens (including phenoxy) is 1. The molecular weight excluding hydrogens is 206 g/mol. The van der Waals surface area contributed by atoms with Crippen LogP contribution in [0.1, 0.15) is 27.6 Å². The summed E-state index contributed by atoms with van der Waals surface area (Å²) < 4.78 is 4.97. The number of methoxy groups -OCH3 is 1. The van der Waals surface area contributed by atoms with Crippen LogP contribution in [0.25, 0.3) is 0 Å².